The molecule has 0 spiro atoms. The Bertz CT molecular complexity index is 494. The molecule has 0 aromatic heterocycles. The summed E-state index contributed by atoms with van der Waals surface area (Å²) in [5, 5.41) is 3.87. The second-order valence-electron chi connectivity index (χ2n) is 5.81. The van der Waals surface area contributed by atoms with E-state index in [1.54, 1.807) is 7.11 Å². The monoisotopic (exact) mass is 411 g/mol. The summed E-state index contributed by atoms with van der Waals surface area (Å²) in [4.78, 5) is 16.5. The van der Waals surface area contributed by atoms with Crippen molar-refractivity contribution >= 4 is 42.3 Å². The van der Waals surface area contributed by atoms with Gasteiger partial charge < -0.3 is 15.0 Å². The maximum Gasteiger partial charge on any atom is 0.236 e. The summed E-state index contributed by atoms with van der Waals surface area (Å²) in [5.41, 5.74) is 1.26. The molecule has 2 rings (SSSR count). The van der Waals surface area contributed by atoms with E-state index in [0.29, 0.717) is 25.7 Å². The first kappa shape index (κ1) is 24.4. The number of amides is 1. The standard InChI is InChI=1S/C17H26ClN3O2.2ClH/c1-14(15-3-5-16(18)6-4-15)20-8-10-21(11-9-20)17(22)13-19-7-12-23-2;;/h3-6,14,19H,7-13H2,1-2H3;2*1H. The summed E-state index contributed by atoms with van der Waals surface area (Å²) < 4.78 is 4.96. The summed E-state index contributed by atoms with van der Waals surface area (Å²) in [6.45, 7) is 7.27. The Hall–Kier alpha value is -0.560. The van der Waals surface area contributed by atoms with Gasteiger partial charge in [0.15, 0.2) is 0 Å². The van der Waals surface area contributed by atoms with Crippen LogP contribution in [-0.2, 0) is 9.53 Å². The number of benzene rings is 1. The largest absolute Gasteiger partial charge is 0.383 e. The molecule has 1 heterocycles. The van der Waals surface area contributed by atoms with E-state index in [9.17, 15) is 4.79 Å². The summed E-state index contributed by atoms with van der Waals surface area (Å²) in [7, 11) is 1.66. The van der Waals surface area contributed by atoms with E-state index >= 15 is 0 Å². The van der Waals surface area contributed by atoms with Crippen molar-refractivity contribution in [1.29, 1.82) is 0 Å². The minimum Gasteiger partial charge on any atom is -0.383 e. The summed E-state index contributed by atoms with van der Waals surface area (Å²) >= 11 is 5.95. The third-order valence-electron chi connectivity index (χ3n) is 4.33. The summed E-state index contributed by atoms with van der Waals surface area (Å²) in [5.74, 6) is 0.167. The van der Waals surface area contributed by atoms with Crippen LogP contribution < -0.4 is 5.32 Å². The SMILES string of the molecule is COCCNCC(=O)N1CCN(C(C)c2ccc(Cl)cc2)CC1.Cl.Cl. The van der Waals surface area contributed by atoms with Gasteiger partial charge in [-0.15, -0.1) is 24.8 Å². The van der Waals surface area contributed by atoms with Crippen molar-refractivity contribution < 1.29 is 9.53 Å². The molecule has 1 unspecified atom stereocenters. The molecule has 1 aliphatic rings. The van der Waals surface area contributed by atoms with Crippen molar-refractivity contribution in [2.75, 3.05) is 53.0 Å². The van der Waals surface area contributed by atoms with Gasteiger partial charge in [-0.25, -0.2) is 0 Å². The van der Waals surface area contributed by atoms with Gasteiger partial charge in [-0.1, -0.05) is 23.7 Å². The second kappa shape index (κ2) is 12.7. The van der Waals surface area contributed by atoms with Crippen LogP contribution in [0.1, 0.15) is 18.5 Å². The molecule has 8 heteroatoms. The molecular weight excluding hydrogens is 385 g/mol. The molecule has 0 saturated carbocycles. The molecule has 25 heavy (non-hydrogen) atoms. The fourth-order valence-corrected chi connectivity index (χ4v) is 2.92. The topological polar surface area (TPSA) is 44.8 Å². The van der Waals surface area contributed by atoms with Crippen molar-refractivity contribution in [3.05, 3.63) is 34.9 Å². The lowest BCUT2D eigenvalue weighted by Gasteiger charge is -2.38. The Morgan fingerprint density at radius 2 is 1.80 bits per heavy atom. The fourth-order valence-electron chi connectivity index (χ4n) is 2.79. The molecule has 1 aromatic carbocycles. The van der Waals surface area contributed by atoms with E-state index in [0.717, 1.165) is 31.2 Å². The zero-order chi connectivity index (χ0) is 16.7. The molecule has 0 radical (unpaired) electrons. The van der Waals surface area contributed by atoms with E-state index in [1.807, 2.05) is 17.0 Å². The molecule has 144 valence electrons. The number of nitrogens with one attached hydrogen (secondary N) is 1. The average Bonchev–Trinajstić information content (AvgIpc) is 2.59. The van der Waals surface area contributed by atoms with Gasteiger partial charge in [0.1, 0.15) is 0 Å². The number of ether oxygens (including phenoxy) is 1. The second-order valence-corrected chi connectivity index (χ2v) is 6.25. The molecule has 1 aromatic rings. The number of piperazine rings is 1. The molecule has 0 bridgehead atoms. The van der Waals surface area contributed by atoms with E-state index < -0.39 is 0 Å². The molecular formula is C17H28Cl3N3O2. The Balaban J connectivity index is 0.00000288. The van der Waals surface area contributed by atoms with Crippen LogP contribution in [0.5, 0.6) is 0 Å². The minimum atomic E-state index is 0. The van der Waals surface area contributed by atoms with Crippen LogP contribution in [0.15, 0.2) is 24.3 Å². The average molecular weight is 413 g/mol. The van der Waals surface area contributed by atoms with Gasteiger partial charge in [0.05, 0.1) is 13.2 Å². The quantitative estimate of drug-likeness (QED) is 0.699. The van der Waals surface area contributed by atoms with Crippen molar-refractivity contribution in [3.8, 4) is 0 Å². The molecule has 1 saturated heterocycles. The number of nitrogens with zero attached hydrogens (tertiary/aromatic N) is 2. The number of hydrogen-bond acceptors (Lipinski definition) is 4. The Labute approximate surface area is 167 Å². The predicted octanol–water partition coefficient (Wildman–Crippen LogP) is 2.62. The lowest BCUT2D eigenvalue weighted by atomic mass is 10.1. The van der Waals surface area contributed by atoms with Crippen LogP contribution in [-0.4, -0.2) is 68.7 Å². The first-order chi connectivity index (χ1) is 11.1. The zero-order valence-corrected chi connectivity index (χ0v) is 17.1. The number of carbonyl (C=O) groups excluding carboxylic acids is 1. The molecule has 1 atom stereocenters. The first-order valence-corrected chi connectivity index (χ1v) is 8.46. The van der Waals surface area contributed by atoms with Crippen LogP contribution in [0.2, 0.25) is 5.02 Å². The van der Waals surface area contributed by atoms with Gasteiger partial charge >= 0.3 is 0 Å². The number of methoxy groups -OCH3 is 1. The van der Waals surface area contributed by atoms with E-state index in [1.165, 1.54) is 5.56 Å². The van der Waals surface area contributed by atoms with Gasteiger partial charge in [0, 0.05) is 50.9 Å². The maximum absolute atomic E-state index is 12.1. The van der Waals surface area contributed by atoms with Gasteiger partial charge in [0.2, 0.25) is 5.91 Å². The van der Waals surface area contributed by atoms with Crippen molar-refractivity contribution in [2.45, 2.75) is 13.0 Å². The van der Waals surface area contributed by atoms with E-state index in [-0.39, 0.29) is 30.7 Å². The highest BCUT2D eigenvalue weighted by Crippen LogP contribution is 2.23. The normalized spacial score (nSPS) is 15.9. The van der Waals surface area contributed by atoms with Crippen LogP contribution in [0.4, 0.5) is 0 Å². The highest BCUT2D eigenvalue weighted by atomic mass is 35.5. The maximum atomic E-state index is 12.1. The Morgan fingerprint density at radius 1 is 1.20 bits per heavy atom. The zero-order valence-electron chi connectivity index (χ0n) is 14.7. The van der Waals surface area contributed by atoms with Crippen LogP contribution in [0.25, 0.3) is 0 Å². The number of rotatable bonds is 7. The highest BCUT2D eigenvalue weighted by molar-refractivity contribution is 6.30. The Kier molecular flexibility index (Phi) is 12.5. The smallest absolute Gasteiger partial charge is 0.236 e. The van der Waals surface area contributed by atoms with Crippen LogP contribution in [0.3, 0.4) is 0 Å². The molecule has 1 amide bonds. The fraction of sp³-hybridized carbons (Fsp3) is 0.588. The molecule has 1 fully saturated rings. The lowest BCUT2D eigenvalue weighted by Crippen LogP contribution is -2.51. The third kappa shape index (κ3) is 7.69. The van der Waals surface area contributed by atoms with E-state index in [2.05, 4.69) is 29.3 Å². The third-order valence-corrected chi connectivity index (χ3v) is 4.58. The number of carbonyl (C=O) groups is 1. The minimum absolute atomic E-state index is 0. The lowest BCUT2D eigenvalue weighted by molar-refractivity contribution is -0.132. The van der Waals surface area contributed by atoms with Gasteiger partial charge in [-0.2, -0.15) is 0 Å². The van der Waals surface area contributed by atoms with Crippen molar-refractivity contribution in [2.24, 2.45) is 0 Å². The first-order valence-electron chi connectivity index (χ1n) is 8.08. The van der Waals surface area contributed by atoms with Crippen molar-refractivity contribution in [1.82, 2.24) is 15.1 Å². The van der Waals surface area contributed by atoms with Gasteiger partial charge in [0.25, 0.3) is 0 Å². The van der Waals surface area contributed by atoms with Gasteiger partial charge in [-0.05, 0) is 24.6 Å². The number of hydrogen-bond donors (Lipinski definition) is 1. The highest BCUT2D eigenvalue weighted by Gasteiger charge is 2.24. The Morgan fingerprint density at radius 3 is 2.36 bits per heavy atom. The number of halogens is 3. The predicted molar refractivity (Wildman–Crippen MR) is 107 cm³/mol. The summed E-state index contributed by atoms with van der Waals surface area (Å²) in [6, 6.07) is 8.34. The van der Waals surface area contributed by atoms with Gasteiger partial charge in [-0.3, -0.25) is 9.69 Å². The van der Waals surface area contributed by atoms with Crippen LogP contribution >= 0.6 is 36.4 Å². The molecule has 0 aliphatic carbocycles. The summed E-state index contributed by atoms with van der Waals surface area (Å²) in [6.07, 6.45) is 0. The molecule has 5 nitrogen and oxygen atoms in total. The van der Waals surface area contributed by atoms with Crippen molar-refractivity contribution in [3.63, 3.8) is 0 Å². The van der Waals surface area contributed by atoms with E-state index in [4.69, 9.17) is 16.3 Å². The molecule has 1 N–H and O–H groups in total. The van der Waals surface area contributed by atoms with Crippen LogP contribution in [0, 0.1) is 0 Å². The molecule has 1 aliphatic heterocycles.